The van der Waals surface area contributed by atoms with Crippen LogP contribution in [0, 0.1) is 0 Å². The normalized spacial score (nSPS) is 10.8. The number of hydrogen-bond donors (Lipinski definition) is 2. The maximum atomic E-state index is 9.15. The van der Waals surface area contributed by atoms with E-state index in [1.54, 1.807) is 16.9 Å². The Morgan fingerprint density at radius 3 is 2.76 bits per heavy atom. The molecule has 7 nitrogen and oxygen atoms in total. The average molecular weight is 403 g/mol. The zero-order chi connectivity index (χ0) is 16.9. The maximum Gasteiger partial charge on any atom is 0.173 e. The molecule has 0 spiro atoms. The highest BCUT2D eigenvalue weighted by molar-refractivity contribution is 5.56. The van der Waals surface area contributed by atoms with Gasteiger partial charge in [0.25, 0.3) is 0 Å². The third-order valence-corrected chi connectivity index (χ3v) is 3.56. The summed E-state index contributed by atoms with van der Waals surface area (Å²) in [5.41, 5.74) is 9.16. The summed E-state index contributed by atoms with van der Waals surface area (Å²) < 4.78 is 3.66. The molecule has 0 bridgehead atoms. The first-order chi connectivity index (χ1) is 11.7. The molecule has 0 aliphatic carbocycles. The highest BCUT2D eigenvalue weighted by Crippen LogP contribution is 2.25. The molecule has 3 aromatic rings. The lowest BCUT2D eigenvalue weighted by Gasteiger charge is -2.03. The third kappa shape index (κ3) is 4.71. The molecule has 130 valence electrons. The summed E-state index contributed by atoms with van der Waals surface area (Å²) >= 11 is 0. The number of aliphatic hydroxyl groups excluding tert-OH is 1. The van der Waals surface area contributed by atoms with E-state index in [2.05, 4.69) is 15.3 Å². The van der Waals surface area contributed by atoms with Crippen molar-refractivity contribution in [1.82, 2.24) is 9.78 Å². The van der Waals surface area contributed by atoms with Crippen LogP contribution in [0.1, 0.15) is 11.1 Å². The average Bonchev–Trinajstić information content (AvgIpc) is 2.93. The SMILES string of the molecule is C[n+]1cccc(Cn2ncc(/N=N/c3cccc(CO)c3)c2N)c1.[Br-]. The van der Waals surface area contributed by atoms with Crippen molar-refractivity contribution in [1.29, 1.82) is 0 Å². The lowest BCUT2D eigenvalue weighted by molar-refractivity contribution is -0.671. The molecular formula is C17H19BrN6O. The molecule has 8 heteroatoms. The van der Waals surface area contributed by atoms with Gasteiger partial charge in [-0.3, -0.25) is 0 Å². The van der Waals surface area contributed by atoms with E-state index < -0.39 is 0 Å². The Morgan fingerprint density at radius 1 is 1.20 bits per heavy atom. The van der Waals surface area contributed by atoms with Gasteiger partial charge in [-0.05, 0) is 23.8 Å². The van der Waals surface area contributed by atoms with Gasteiger partial charge in [0.1, 0.15) is 18.6 Å². The van der Waals surface area contributed by atoms with E-state index in [1.807, 2.05) is 54.3 Å². The Morgan fingerprint density at radius 2 is 2.00 bits per heavy atom. The van der Waals surface area contributed by atoms with Crippen molar-refractivity contribution < 1.29 is 26.7 Å². The summed E-state index contributed by atoms with van der Waals surface area (Å²) in [4.78, 5) is 0. The fourth-order valence-corrected chi connectivity index (χ4v) is 2.33. The zero-order valence-electron chi connectivity index (χ0n) is 13.7. The van der Waals surface area contributed by atoms with E-state index in [-0.39, 0.29) is 23.6 Å². The summed E-state index contributed by atoms with van der Waals surface area (Å²) in [5, 5.41) is 21.7. The molecule has 0 saturated carbocycles. The fraction of sp³-hybridized carbons (Fsp3) is 0.176. The Kier molecular flexibility index (Phi) is 6.37. The number of rotatable bonds is 5. The number of nitrogen functional groups attached to an aromatic ring is 1. The van der Waals surface area contributed by atoms with Gasteiger partial charge < -0.3 is 27.8 Å². The number of aromatic nitrogens is 3. The largest absolute Gasteiger partial charge is 1.00 e. The van der Waals surface area contributed by atoms with E-state index in [4.69, 9.17) is 10.8 Å². The van der Waals surface area contributed by atoms with E-state index in [0.717, 1.165) is 11.1 Å². The molecule has 1 aromatic carbocycles. The van der Waals surface area contributed by atoms with Crippen LogP contribution in [-0.2, 0) is 20.2 Å². The summed E-state index contributed by atoms with van der Waals surface area (Å²) in [5.74, 6) is 0.462. The van der Waals surface area contributed by atoms with Crippen LogP contribution < -0.4 is 27.3 Å². The quantitative estimate of drug-likeness (QED) is 0.434. The van der Waals surface area contributed by atoms with Crippen LogP contribution in [0.2, 0.25) is 0 Å². The van der Waals surface area contributed by atoms with Gasteiger partial charge >= 0.3 is 0 Å². The molecule has 25 heavy (non-hydrogen) atoms. The Hall–Kier alpha value is -2.58. The minimum atomic E-state index is -0.0298. The van der Waals surface area contributed by atoms with Gasteiger partial charge in [0.2, 0.25) is 0 Å². The molecule has 0 aliphatic rings. The van der Waals surface area contributed by atoms with Gasteiger partial charge in [-0.2, -0.15) is 10.2 Å². The first kappa shape index (κ1) is 18.8. The van der Waals surface area contributed by atoms with Gasteiger partial charge in [0.15, 0.2) is 12.4 Å². The monoisotopic (exact) mass is 402 g/mol. The van der Waals surface area contributed by atoms with E-state index >= 15 is 0 Å². The summed E-state index contributed by atoms with van der Waals surface area (Å²) in [7, 11) is 1.97. The van der Waals surface area contributed by atoms with Crippen molar-refractivity contribution in [2.24, 2.45) is 17.3 Å². The Labute approximate surface area is 156 Å². The van der Waals surface area contributed by atoms with E-state index in [9.17, 15) is 0 Å². The molecule has 2 aromatic heterocycles. The number of benzene rings is 1. The maximum absolute atomic E-state index is 9.15. The van der Waals surface area contributed by atoms with Crippen molar-refractivity contribution in [3.63, 3.8) is 0 Å². The van der Waals surface area contributed by atoms with Crippen molar-refractivity contribution in [2.45, 2.75) is 13.2 Å². The smallest absolute Gasteiger partial charge is 0.173 e. The molecule has 0 radical (unpaired) electrons. The standard InChI is InChI=1S/C17H19N6O.BrH/c1-22-7-3-5-14(10-22)11-23-17(18)16(9-19-23)21-20-15-6-2-4-13(8-15)12-24;/h2-10,24H,11-12,18H2,1H3;1H/q+1;/p-1/b21-20+;. The van der Waals surface area contributed by atoms with Crippen LogP contribution in [0.25, 0.3) is 0 Å². The summed E-state index contributed by atoms with van der Waals surface area (Å²) in [6, 6.07) is 11.2. The second-order valence-electron chi connectivity index (χ2n) is 5.48. The highest BCUT2D eigenvalue weighted by Gasteiger charge is 2.09. The molecule has 0 saturated heterocycles. The second-order valence-corrected chi connectivity index (χ2v) is 5.48. The molecule has 3 rings (SSSR count). The van der Waals surface area contributed by atoms with Gasteiger partial charge in [-0.15, -0.1) is 5.11 Å². The van der Waals surface area contributed by atoms with Crippen LogP contribution >= 0.6 is 0 Å². The van der Waals surface area contributed by atoms with Gasteiger partial charge in [-0.1, -0.05) is 12.1 Å². The van der Waals surface area contributed by atoms with E-state index in [1.165, 1.54) is 0 Å². The number of pyridine rings is 1. The summed E-state index contributed by atoms with van der Waals surface area (Å²) in [6.07, 6.45) is 5.58. The van der Waals surface area contributed by atoms with Crippen molar-refractivity contribution in [3.05, 3.63) is 66.1 Å². The predicted octanol–water partition coefficient (Wildman–Crippen LogP) is -0.750. The number of azo groups is 1. The molecule has 0 fully saturated rings. The van der Waals surface area contributed by atoms with Gasteiger partial charge in [0, 0.05) is 11.6 Å². The number of aliphatic hydroxyl groups is 1. The Bertz CT molecular complexity index is 877. The number of aryl methyl sites for hydroxylation is 1. The van der Waals surface area contributed by atoms with Crippen LogP contribution in [0.3, 0.4) is 0 Å². The van der Waals surface area contributed by atoms with Crippen LogP contribution in [-0.4, -0.2) is 14.9 Å². The van der Waals surface area contributed by atoms with Crippen LogP contribution in [0.4, 0.5) is 17.2 Å². The molecule has 2 heterocycles. The number of hydrogen-bond acceptors (Lipinski definition) is 5. The highest BCUT2D eigenvalue weighted by atomic mass is 79.9. The van der Waals surface area contributed by atoms with Crippen molar-refractivity contribution in [3.8, 4) is 0 Å². The summed E-state index contributed by atoms with van der Waals surface area (Å²) in [6.45, 7) is 0.536. The lowest BCUT2D eigenvalue weighted by Crippen LogP contribution is -3.00. The van der Waals surface area contributed by atoms with Crippen molar-refractivity contribution >= 4 is 17.2 Å². The topological polar surface area (TPSA) is 92.7 Å². The molecule has 0 atom stereocenters. The molecule has 3 N–H and O–H groups in total. The zero-order valence-corrected chi connectivity index (χ0v) is 15.3. The first-order valence-corrected chi connectivity index (χ1v) is 7.52. The lowest BCUT2D eigenvalue weighted by atomic mass is 10.2. The minimum Gasteiger partial charge on any atom is -1.00 e. The number of anilines is 1. The second kappa shape index (κ2) is 8.50. The fourth-order valence-electron chi connectivity index (χ4n) is 2.33. The van der Waals surface area contributed by atoms with Crippen molar-refractivity contribution in [2.75, 3.05) is 5.73 Å². The van der Waals surface area contributed by atoms with Crippen LogP contribution in [0.15, 0.2) is 65.2 Å². The molecular weight excluding hydrogens is 384 g/mol. The number of nitrogens with zero attached hydrogens (tertiary/aromatic N) is 5. The van der Waals surface area contributed by atoms with E-state index in [0.29, 0.717) is 23.7 Å². The Balaban J connectivity index is 0.00000225. The van der Waals surface area contributed by atoms with Gasteiger partial charge in [0.05, 0.1) is 25.0 Å². The predicted molar refractivity (Wildman–Crippen MR) is 89.9 cm³/mol. The number of halogens is 1. The van der Waals surface area contributed by atoms with Gasteiger partial charge in [-0.25, -0.2) is 9.25 Å². The minimum absolute atomic E-state index is 0. The third-order valence-electron chi connectivity index (χ3n) is 3.56. The molecule has 0 unspecified atom stereocenters. The van der Waals surface area contributed by atoms with Crippen LogP contribution in [0.5, 0.6) is 0 Å². The first-order valence-electron chi connectivity index (χ1n) is 7.52. The molecule has 0 aliphatic heterocycles. The number of nitrogens with two attached hydrogens (primary N) is 1. The molecule has 0 amide bonds.